The van der Waals surface area contributed by atoms with Crippen molar-refractivity contribution in [3.8, 4) is 5.75 Å². The van der Waals surface area contributed by atoms with Crippen molar-refractivity contribution in [3.63, 3.8) is 0 Å². The molecule has 6 rings (SSSR count). The number of morpholine rings is 1. The minimum atomic E-state index is -1.07. The van der Waals surface area contributed by atoms with E-state index in [1.807, 2.05) is 36.2 Å². The van der Waals surface area contributed by atoms with Crippen molar-refractivity contribution >= 4 is 17.9 Å². The number of aliphatic hydroxyl groups is 1. The van der Waals surface area contributed by atoms with Gasteiger partial charge < -0.3 is 29.5 Å². The van der Waals surface area contributed by atoms with Crippen molar-refractivity contribution in [2.45, 2.75) is 89.4 Å². The van der Waals surface area contributed by atoms with Crippen LogP contribution in [0.1, 0.15) is 77.6 Å². The van der Waals surface area contributed by atoms with E-state index in [2.05, 4.69) is 10.4 Å². The van der Waals surface area contributed by atoms with Crippen LogP contribution in [0.4, 0.5) is 4.79 Å². The van der Waals surface area contributed by atoms with E-state index in [0.29, 0.717) is 43.1 Å². The molecule has 2 unspecified atom stereocenters. The molecule has 0 aliphatic carbocycles. The zero-order valence-corrected chi connectivity index (χ0v) is 28.1. The number of ether oxygens (including phenoxy) is 3. The fraction of sp³-hybridized carbons (Fsp3) is 0.500. The van der Waals surface area contributed by atoms with Crippen molar-refractivity contribution in [1.82, 2.24) is 24.9 Å². The first-order chi connectivity index (χ1) is 23.0. The molecule has 3 aliphatic rings. The number of aryl methyl sites for hydroxylation is 1. The van der Waals surface area contributed by atoms with Gasteiger partial charge in [0.05, 0.1) is 43.1 Å². The van der Waals surface area contributed by atoms with Crippen LogP contribution in [-0.2, 0) is 36.1 Å². The number of nitrogens with one attached hydrogen (secondary N) is 1. The highest BCUT2D eigenvalue weighted by Gasteiger charge is 2.39. The summed E-state index contributed by atoms with van der Waals surface area (Å²) in [5, 5.41) is 18.3. The number of hydrogen-bond acceptors (Lipinski definition) is 8. The van der Waals surface area contributed by atoms with E-state index in [1.165, 1.54) is 4.90 Å². The van der Waals surface area contributed by atoms with E-state index in [1.54, 1.807) is 55.9 Å². The van der Waals surface area contributed by atoms with Crippen LogP contribution in [0.15, 0.2) is 54.7 Å². The number of piperidine rings is 1. The molecule has 2 bridgehead atoms. The van der Waals surface area contributed by atoms with E-state index < -0.39 is 23.8 Å². The van der Waals surface area contributed by atoms with E-state index in [-0.39, 0.29) is 37.0 Å². The van der Waals surface area contributed by atoms with Gasteiger partial charge in [0, 0.05) is 37.5 Å². The summed E-state index contributed by atoms with van der Waals surface area (Å²) in [6.07, 6.45) is 3.43. The smallest absolute Gasteiger partial charge is 0.410 e. The molecule has 48 heavy (non-hydrogen) atoms. The van der Waals surface area contributed by atoms with Gasteiger partial charge in [0.25, 0.3) is 11.8 Å². The number of amides is 3. The molecule has 4 heterocycles. The lowest BCUT2D eigenvalue weighted by Crippen LogP contribution is -2.57. The molecule has 3 amide bonds. The van der Waals surface area contributed by atoms with Crippen LogP contribution >= 0.6 is 0 Å². The van der Waals surface area contributed by atoms with Gasteiger partial charge in [-0.2, -0.15) is 5.10 Å². The summed E-state index contributed by atoms with van der Waals surface area (Å²) in [5.41, 5.74) is 2.97. The molecule has 0 radical (unpaired) electrons. The van der Waals surface area contributed by atoms with Crippen LogP contribution < -0.4 is 10.1 Å². The van der Waals surface area contributed by atoms with Gasteiger partial charge in [-0.15, -0.1) is 0 Å². The van der Waals surface area contributed by atoms with Crippen LogP contribution in [0.3, 0.4) is 0 Å². The third-order valence-corrected chi connectivity index (χ3v) is 9.31. The number of carbonyl (C=O) groups excluding carboxylic acids is 3. The van der Waals surface area contributed by atoms with Gasteiger partial charge in [-0.25, -0.2) is 4.79 Å². The molecule has 1 aromatic heterocycles. The third-order valence-electron chi connectivity index (χ3n) is 9.31. The fourth-order valence-electron chi connectivity index (χ4n) is 6.75. The lowest BCUT2D eigenvalue weighted by atomic mass is 9.91. The Labute approximate surface area is 280 Å². The molecule has 2 N–H and O–H groups in total. The number of fused-ring (bicyclic) bond motifs is 3. The number of nitrogens with zero attached hydrogens (tertiary/aromatic N) is 4. The largest absolute Gasteiger partial charge is 0.487 e. The fourth-order valence-corrected chi connectivity index (χ4v) is 6.75. The standard InChI is InChI=1S/C36H45N5O7/c1-36(2,3)48-35(45)40-19-26-16-30(47-22-27-14-15-38-39(27)4)13-12-25(26)17-31(40)32(42)18-37-33(43)23-8-10-24(11-9-23)34(44)41-28-6-5-7-29(41)21-46-20-28/h8-16,28-29,31-32,42H,5-7,17-22H2,1-4H3,(H,37,43)/t28?,29?,31-,32+/m0/s1. The zero-order valence-electron chi connectivity index (χ0n) is 28.1. The van der Waals surface area contributed by atoms with Gasteiger partial charge in [-0.05, 0) is 100 Å². The molecule has 3 aromatic rings. The topological polar surface area (TPSA) is 135 Å². The molecule has 2 fully saturated rings. The normalized spacial score (nSPS) is 21.2. The molecule has 0 spiro atoms. The molecule has 12 heteroatoms. The second-order valence-electron chi connectivity index (χ2n) is 13.9. The highest BCUT2D eigenvalue weighted by atomic mass is 16.6. The molecule has 3 aliphatic heterocycles. The summed E-state index contributed by atoms with van der Waals surface area (Å²) in [4.78, 5) is 43.3. The Bertz CT molecular complexity index is 1610. The second-order valence-corrected chi connectivity index (χ2v) is 13.9. The Kier molecular flexibility index (Phi) is 9.75. The molecule has 2 aromatic carbocycles. The predicted molar refractivity (Wildman–Crippen MR) is 176 cm³/mol. The Hall–Kier alpha value is -4.42. The number of hydrogen-bond donors (Lipinski definition) is 2. The Morgan fingerprint density at radius 3 is 2.40 bits per heavy atom. The molecule has 0 saturated carbocycles. The lowest BCUT2D eigenvalue weighted by molar-refractivity contribution is -0.0565. The molecule has 4 atom stereocenters. The van der Waals surface area contributed by atoms with Gasteiger partial charge >= 0.3 is 6.09 Å². The second kappa shape index (κ2) is 14.0. The summed E-state index contributed by atoms with van der Waals surface area (Å²) >= 11 is 0. The van der Waals surface area contributed by atoms with E-state index >= 15 is 0 Å². The first-order valence-corrected chi connectivity index (χ1v) is 16.6. The average Bonchev–Trinajstić information content (AvgIpc) is 3.48. The number of aliphatic hydroxyl groups excluding tert-OH is 1. The average molecular weight is 660 g/mol. The van der Waals surface area contributed by atoms with E-state index in [0.717, 1.165) is 36.1 Å². The lowest BCUT2D eigenvalue weighted by Gasteiger charge is -2.45. The summed E-state index contributed by atoms with van der Waals surface area (Å²) < 4.78 is 19.1. The first-order valence-electron chi connectivity index (χ1n) is 16.6. The number of rotatable bonds is 8. The maximum Gasteiger partial charge on any atom is 0.410 e. The van der Waals surface area contributed by atoms with Crippen LogP contribution in [0.5, 0.6) is 5.75 Å². The van der Waals surface area contributed by atoms with E-state index in [4.69, 9.17) is 14.2 Å². The highest BCUT2D eigenvalue weighted by molar-refractivity contribution is 5.98. The van der Waals surface area contributed by atoms with Crippen molar-refractivity contribution < 1.29 is 33.7 Å². The maximum absolute atomic E-state index is 13.4. The minimum Gasteiger partial charge on any atom is -0.487 e. The Morgan fingerprint density at radius 1 is 1.02 bits per heavy atom. The Balaban J connectivity index is 1.10. The highest BCUT2D eigenvalue weighted by Crippen LogP contribution is 2.31. The van der Waals surface area contributed by atoms with Gasteiger partial charge in [-0.1, -0.05) is 6.07 Å². The van der Waals surface area contributed by atoms with Crippen LogP contribution in [-0.4, -0.2) is 92.2 Å². The van der Waals surface area contributed by atoms with E-state index in [9.17, 15) is 19.5 Å². The monoisotopic (exact) mass is 659 g/mol. The summed E-state index contributed by atoms with van der Waals surface area (Å²) in [7, 11) is 1.85. The SMILES string of the molecule is Cn1nccc1COc1ccc2c(c1)CN(C(=O)OC(C)(C)C)[C@H]([C@H](O)CNC(=O)c1ccc(C(=O)N3C4CCCC3COC4)cc1)C2. The number of aromatic nitrogens is 2. The first kappa shape index (κ1) is 33.5. The molecular formula is C36H45N5O7. The van der Waals surface area contributed by atoms with Gasteiger partial charge in [0.2, 0.25) is 0 Å². The van der Waals surface area contributed by atoms with Gasteiger partial charge in [0.1, 0.15) is 18.0 Å². The third kappa shape index (κ3) is 7.50. The van der Waals surface area contributed by atoms with Crippen molar-refractivity contribution in [3.05, 3.63) is 82.7 Å². The molecule has 2 saturated heterocycles. The minimum absolute atomic E-state index is 0.0395. The quantitative estimate of drug-likeness (QED) is 0.373. The van der Waals surface area contributed by atoms with Crippen LogP contribution in [0.2, 0.25) is 0 Å². The summed E-state index contributed by atoms with van der Waals surface area (Å²) in [6, 6.07) is 13.8. The van der Waals surface area contributed by atoms with Crippen molar-refractivity contribution in [2.24, 2.45) is 7.05 Å². The predicted octanol–water partition coefficient (Wildman–Crippen LogP) is 3.85. The number of benzene rings is 2. The van der Waals surface area contributed by atoms with Crippen LogP contribution in [0.25, 0.3) is 0 Å². The Morgan fingerprint density at radius 2 is 1.73 bits per heavy atom. The van der Waals surface area contributed by atoms with Gasteiger partial charge in [-0.3, -0.25) is 19.2 Å². The molecule has 12 nitrogen and oxygen atoms in total. The molecular weight excluding hydrogens is 614 g/mol. The number of carbonyl (C=O) groups is 3. The molecule has 256 valence electrons. The van der Waals surface area contributed by atoms with Crippen molar-refractivity contribution in [2.75, 3.05) is 19.8 Å². The zero-order chi connectivity index (χ0) is 34.0. The van der Waals surface area contributed by atoms with Crippen LogP contribution in [0, 0.1) is 0 Å². The van der Waals surface area contributed by atoms with Gasteiger partial charge in [0.15, 0.2) is 0 Å². The summed E-state index contributed by atoms with van der Waals surface area (Å²) in [6.45, 7) is 6.99. The van der Waals surface area contributed by atoms with Crippen molar-refractivity contribution in [1.29, 1.82) is 0 Å². The summed E-state index contributed by atoms with van der Waals surface area (Å²) in [5.74, 6) is 0.236. The maximum atomic E-state index is 13.4.